The van der Waals surface area contributed by atoms with E-state index in [9.17, 15) is 4.39 Å². The van der Waals surface area contributed by atoms with Crippen molar-refractivity contribution in [1.29, 1.82) is 0 Å². The fourth-order valence-electron chi connectivity index (χ4n) is 1.59. The Labute approximate surface area is 93.9 Å². The fraction of sp³-hybridized carbons (Fsp3) is 0.333. The smallest absolute Gasteiger partial charge is 0.151 e. The second-order valence-corrected chi connectivity index (χ2v) is 3.51. The summed E-state index contributed by atoms with van der Waals surface area (Å²) in [6.07, 6.45) is 1.50. The molecule has 0 saturated heterocycles. The highest BCUT2D eigenvalue weighted by Gasteiger charge is 2.11. The molecule has 0 N–H and O–H groups in total. The van der Waals surface area contributed by atoms with Gasteiger partial charge in [0.1, 0.15) is 17.3 Å². The van der Waals surface area contributed by atoms with E-state index < -0.39 is 0 Å². The average molecular weight is 219 g/mol. The quantitative estimate of drug-likeness (QED) is 0.794. The second kappa shape index (κ2) is 4.43. The van der Waals surface area contributed by atoms with Crippen molar-refractivity contribution in [3.8, 4) is 5.69 Å². The normalized spacial score (nSPS) is 10.7. The predicted molar refractivity (Wildman–Crippen MR) is 60.1 cm³/mol. The Morgan fingerprint density at radius 2 is 1.94 bits per heavy atom. The van der Waals surface area contributed by atoms with Crippen molar-refractivity contribution in [2.24, 2.45) is 0 Å². The van der Waals surface area contributed by atoms with Crippen LogP contribution in [0.25, 0.3) is 5.69 Å². The van der Waals surface area contributed by atoms with Gasteiger partial charge in [-0.15, -0.1) is 0 Å². The standard InChI is InChI=1S/C12H14FN3/c1-3-11-14-12(4-2)16(15-11)10-8-6-5-7-9(10)13/h5-8H,3-4H2,1-2H3. The highest BCUT2D eigenvalue weighted by atomic mass is 19.1. The van der Waals surface area contributed by atoms with E-state index in [4.69, 9.17) is 0 Å². The predicted octanol–water partition coefficient (Wildman–Crippen LogP) is 2.53. The largest absolute Gasteiger partial charge is 0.216 e. The summed E-state index contributed by atoms with van der Waals surface area (Å²) < 4.78 is 15.2. The van der Waals surface area contributed by atoms with Gasteiger partial charge in [0.25, 0.3) is 0 Å². The van der Waals surface area contributed by atoms with Gasteiger partial charge in [0, 0.05) is 12.8 Å². The molecular weight excluding hydrogens is 205 g/mol. The topological polar surface area (TPSA) is 30.7 Å². The van der Waals surface area contributed by atoms with E-state index in [0.29, 0.717) is 5.69 Å². The van der Waals surface area contributed by atoms with Gasteiger partial charge < -0.3 is 0 Å². The summed E-state index contributed by atoms with van der Waals surface area (Å²) in [6.45, 7) is 3.97. The van der Waals surface area contributed by atoms with E-state index in [-0.39, 0.29) is 5.82 Å². The van der Waals surface area contributed by atoms with Gasteiger partial charge in [-0.2, -0.15) is 5.10 Å². The minimum Gasteiger partial charge on any atom is -0.216 e. The molecule has 0 aliphatic carbocycles. The molecule has 1 aromatic heterocycles. The molecule has 0 saturated carbocycles. The lowest BCUT2D eigenvalue weighted by Gasteiger charge is -2.04. The van der Waals surface area contributed by atoms with Gasteiger partial charge in [-0.25, -0.2) is 14.1 Å². The molecule has 1 heterocycles. The summed E-state index contributed by atoms with van der Waals surface area (Å²) in [5.41, 5.74) is 0.464. The summed E-state index contributed by atoms with van der Waals surface area (Å²) >= 11 is 0. The van der Waals surface area contributed by atoms with Gasteiger partial charge in [0.2, 0.25) is 0 Å². The van der Waals surface area contributed by atoms with Crippen molar-refractivity contribution in [3.05, 3.63) is 41.7 Å². The molecule has 0 spiro atoms. The molecule has 4 heteroatoms. The first-order chi connectivity index (χ1) is 7.76. The number of hydrogen-bond donors (Lipinski definition) is 0. The van der Waals surface area contributed by atoms with Crippen LogP contribution in [0, 0.1) is 5.82 Å². The molecule has 0 aliphatic heterocycles. The maximum atomic E-state index is 13.6. The minimum absolute atomic E-state index is 0.273. The molecule has 0 amide bonds. The highest BCUT2D eigenvalue weighted by molar-refractivity contribution is 5.33. The van der Waals surface area contributed by atoms with Crippen LogP contribution in [-0.4, -0.2) is 14.8 Å². The van der Waals surface area contributed by atoms with Gasteiger partial charge in [-0.3, -0.25) is 0 Å². The molecule has 0 radical (unpaired) electrons. The molecule has 16 heavy (non-hydrogen) atoms. The number of para-hydroxylation sites is 1. The fourth-order valence-corrected chi connectivity index (χ4v) is 1.59. The molecule has 1 aromatic carbocycles. The van der Waals surface area contributed by atoms with Gasteiger partial charge in [0.05, 0.1) is 0 Å². The number of rotatable bonds is 3. The molecule has 0 aliphatic rings. The maximum Gasteiger partial charge on any atom is 0.151 e. The molecule has 2 aromatic rings. The van der Waals surface area contributed by atoms with Crippen LogP contribution in [-0.2, 0) is 12.8 Å². The Morgan fingerprint density at radius 3 is 2.56 bits per heavy atom. The molecule has 0 atom stereocenters. The van der Waals surface area contributed by atoms with Crippen LogP contribution in [0.15, 0.2) is 24.3 Å². The molecule has 2 rings (SSSR count). The van der Waals surface area contributed by atoms with Crippen molar-refractivity contribution in [3.63, 3.8) is 0 Å². The first-order valence-corrected chi connectivity index (χ1v) is 5.46. The van der Waals surface area contributed by atoms with E-state index >= 15 is 0 Å². The Kier molecular flexibility index (Phi) is 2.99. The van der Waals surface area contributed by atoms with Crippen molar-refractivity contribution in [2.75, 3.05) is 0 Å². The number of hydrogen-bond acceptors (Lipinski definition) is 2. The van der Waals surface area contributed by atoms with Gasteiger partial charge in [-0.1, -0.05) is 26.0 Å². The minimum atomic E-state index is -0.273. The summed E-state index contributed by atoms with van der Waals surface area (Å²) in [6, 6.07) is 6.61. The van der Waals surface area contributed by atoms with Crippen molar-refractivity contribution in [2.45, 2.75) is 26.7 Å². The van der Waals surface area contributed by atoms with Crippen molar-refractivity contribution >= 4 is 0 Å². The number of aryl methyl sites for hydroxylation is 2. The highest BCUT2D eigenvalue weighted by Crippen LogP contribution is 2.14. The third-order valence-electron chi connectivity index (χ3n) is 2.43. The van der Waals surface area contributed by atoms with E-state index in [0.717, 1.165) is 24.5 Å². The zero-order valence-corrected chi connectivity index (χ0v) is 9.44. The van der Waals surface area contributed by atoms with Crippen LogP contribution >= 0.6 is 0 Å². The van der Waals surface area contributed by atoms with Crippen LogP contribution in [0.3, 0.4) is 0 Å². The molecule has 3 nitrogen and oxygen atoms in total. The number of benzene rings is 1. The van der Waals surface area contributed by atoms with Crippen molar-refractivity contribution in [1.82, 2.24) is 14.8 Å². The average Bonchev–Trinajstić information content (AvgIpc) is 2.72. The maximum absolute atomic E-state index is 13.6. The SMILES string of the molecule is CCc1nc(CC)n(-c2ccccc2F)n1. The molecule has 84 valence electrons. The van der Waals surface area contributed by atoms with Crippen molar-refractivity contribution < 1.29 is 4.39 Å². The summed E-state index contributed by atoms with van der Waals surface area (Å²) in [4.78, 5) is 4.35. The van der Waals surface area contributed by atoms with E-state index in [2.05, 4.69) is 10.1 Å². The van der Waals surface area contributed by atoms with Gasteiger partial charge in [0.15, 0.2) is 5.82 Å². The summed E-state index contributed by atoms with van der Waals surface area (Å²) in [7, 11) is 0. The number of aromatic nitrogens is 3. The molecule has 0 bridgehead atoms. The Balaban J connectivity index is 2.54. The van der Waals surface area contributed by atoms with Crippen LogP contribution < -0.4 is 0 Å². The molecule has 0 unspecified atom stereocenters. The lowest BCUT2D eigenvalue weighted by atomic mass is 10.3. The summed E-state index contributed by atoms with van der Waals surface area (Å²) in [5.74, 6) is 1.27. The van der Waals surface area contributed by atoms with Crippen LogP contribution in [0.2, 0.25) is 0 Å². The molecule has 0 fully saturated rings. The summed E-state index contributed by atoms with van der Waals surface area (Å²) in [5, 5.41) is 4.30. The van der Waals surface area contributed by atoms with E-state index in [1.165, 1.54) is 6.07 Å². The van der Waals surface area contributed by atoms with E-state index in [1.807, 2.05) is 13.8 Å². The second-order valence-electron chi connectivity index (χ2n) is 3.51. The first-order valence-electron chi connectivity index (χ1n) is 5.46. The third kappa shape index (κ3) is 1.83. The van der Waals surface area contributed by atoms with E-state index in [1.54, 1.807) is 22.9 Å². The Hall–Kier alpha value is -1.71. The molecular formula is C12H14FN3. The third-order valence-corrected chi connectivity index (χ3v) is 2.43. The monoisotopic (exact) mass is 219 g/mol. The number of halogens is 1. The Morgan fingerprint density at radius 1 is 1.19 bits per heavy atom. The zero-order valence-electron chi connectivity index (χ0n) is 9.44. The Bertz CT molecular complexity index is 491. The number of nitrogens with zero attached hydrogens (tertiary/aromatic N) is 3. The van der Waals surface area contributed by atoms with Crippen LogP contribution in [0.4, 0.5) is 4.39 Å². The first kappa shape index (κ1) is 10.8. The lowest BCUT2D eigenvalue weighted by molar-refractivity contribution is 0.605. The van der Waals surface area contributed by atoms with Gasteiger partial charge in [-0.05, 0) is 12.1 Å². The zero-order chi connectivity index (χ0) is 11.5. The van der Waals surface area contributed by atoms with Gasteiger partial charge >= 0.3 is 0 Å². The van der Waals surface area contributed by atoms with Crippen LogP contribution in [0.5, 0.6) is 0 Å². The lowest BCUT2D eigenvalue weighted by Crippen LogP contribution is -2.04. The van der Waals surface area contributed by atoms with Crippen LogP contribution in [0.1, 0.15) is 25.5 Å².